The lowest BCUT2D eigenvalue weighted by Crippen LogP contribution is -2.47. The Morgan fingerprint density at radius 3 is 2.39 bits per heavy atom. The maximum absolute atomic E-state index is 12.1. The highest BCUT2D eigenvalue weighted by Crippen LogP contribution is 2.30. The first-order chi connectivity index (χ1) is 8.06. The number of rotatable bonds is 5. The van der Waals surface area contributed by atoms with E-state index >= 15 is 0 Å². The number of likely N-dealkylation sites (N-methyl/N-ethyl adjacent to an activating group) is 1. The fraction of sp³-hybridized carbons (Fsp3) is 0.636. The molecule has 0 aliphatic carbocycles. The first kappa shape index (κ1) is 16.1. The zero-order valence-electron chi connectivity index (χ0n) is 11.2. The molecule has 0 unspecified atom stereocenters. The predicted molar refractivity (Wildman–Crippen MR) is 79.7 cm³/mol. The summed E-state index contributed by atoms with van der Waals surface area (Å²) in [5, 5.41) is 0. The largest absolute Gasteiger partial charge is 0.303 e. The van der Waals surface area contributed by atoms with Gasteiger partial charge in [-0.25, -0.2) is 13.1 Å². The molecule has 0 saturated heterocycles. The molecule has 0 atom stereocenters. The third-order valence-electron chi connectivity index (χ3n) is 3.00. The summed E-state index contributed by atoms with van der Waals surface area (Å²) in [5.74, 6) is 0. The van der Waals surface area contributed by atoms with Crippen LogP contribution in [0.15, 0.2) is 14.1 Å². The van der Waals surface area contributed by atoms with E-state index < -0.39 is 10.0 Å². The monoisotopic (exact) mass is 354 g/mol. The van der Waals surface area contributed by atoms with Crippen LogP contribution in [0, 0.1) is 6.92 Å². The van der Waals surface area contributed by atoms with E-state index in [-0.39, 0.29) is 5.54 Å². The van der Waals surface area contributed by atoms with Crippen LogP contribution in [0.1, 0.15) is 19.4 Å². The molecule has 0 aliphatic rings. The number of thiophene rings is 1. The topological polar surface area (TPSA) is 49.4 Å². The van der Waals surface area contributed by atoms with E-state index in [1.807, 2.05) is 39.8 Å². The highest BCUT2D eigenvalue weighted by Gasteiger charge is 2.25. The lowest BCUT2D eigenvalue weighted by Gasteiger charge is -2.32. The van der Waals surface area contributed by atoms with Crippen molar-refractivity contribution in [2.75, 3.05) is 20.6 Å². The van der Waals surface area contributed by atoms with Crippen LogP contribution in [0.3, 0.4) is 0 Å². The normalized spacial score (nSPS) is 13.3. The molecule has 1 aromatic heterocycles. The Labute approximate surface area is 122 Å². The van der Waals surface area contributed by atoms with Crippen molar-refractivity contribution >= 4 is 37.3 Å². The summed E-state index contributed by atoms with van der Waals surface area (Å²) in [7, 11) is 0.445. The molecule has 0 aliphatic heterocycles. The molecule has 1 heterocycles. The highest BCUT2D eigenvalue weighted by atomic mass is 79.9. The first-order valence-corrected chi connectivity index (χ1v) is 8.58. The number of nitrogens with zero attached hydrogens (tertiary/aromatic N) is 1. The summed E-state index contributed by atoms with van der Waals surface area (Å²) >= 11 is 4.57. The number of halogens is 1. The average molecular weight is 355 g/mol. The predicted octanol–water partition coefficient (Wildman–Crippen LogP) is 2.44. The third kappa shape index (κ3) is 3.77. The summed E-state index contributed by atoms with van der Waals surface area (Å²) in [6, 6.07) is 1.68. The van der Waals surface area contributed by atoms with E-state index in [0.29, 0.717) is 10.8 Å². The molecule has 0 bridgehead atoms. The summed E-state index contributed by atoms with van der Waals surface area (Å²) < 4.78 is 28.1. The van der Waals surface area contributed by atoms with Gasteiger partial charge in [-0.05, 0) is 62.4 Å². The summed E-state index contributed by atoms with van der Waals surface area (Å²) in [6.07, 6.45) is 0. The molecule has 0 fully saturated rings. The van der Waals surface area contributed by atoms with Crippen molar-refractivity contribution in [3.05, 3.63) is 15.4 Å². The fourth-order valence-corrected chi connectivity index (χ4v) is 4.54. The standard InChI is InChI=1S/C11H19BrN2O2S2/c1-8-6-9(17-10(8)12)18(15,16)13-7-11(2,3)14(4)5/h6,13H,7H2,1-5H3. The van der Waals surface area contributed by atoms with E-state index in [2.05, 4.69) is 20.7 Å². The van der Waals surface area contributed by atoms with E-state index in [0.717, 1.165) is 9.35 Å². The Kier molecular flexibility index (Phi) is 4.99. The van der Waals surface area contributed by atoms with Crippen LogP contribution in [0.4, 0.5) is 0 Å². The second kappa shape index (κ2) is 5.58. The Morgan fingerprint density at radius 1 is 1.44 bits per heavy atom. The zero-order chi connectivity index (χ0) is 14.1. The van der Waals surface area contributed by atoms with Crippen LogP contribution in [0.5, 0.6) is 0 Å². The SMILES string of the molecule is Cc1cc(S(=O)(=O)NCC(C)(C)N(C)C)sc1Br. The van der Waals surface area contributed by atoms with Crippen molar-refractivity contribution in [2.24, 2.45) is 0 Å². The molecular weight excluding hydrogens is 336 g/mol. The van der Waals surface area contributed by atoms with Crippen molar-refractivity contribution in [1.82, 2.24) is 9.62 Å². The molecule has 4 nitrogen and oxygen atoms in total. The third-order valence-corrected chi connectivity index (χ3v) is 7.02. The zero-order valence-corrected chi connectivity index (χ0v) is 14.5. The number of nitrogens with one attached hydrogen (secondary N) is 1. The van der Waals surface area contributed by atoms with Gasteiger partial charge in [0.2, 0.25) is 10.0 Å². The van der Waals surface area contributed by atoms with E-state index in [1.54, 1.807) is 6.07 Å². The van der Waals surface area contributed by atoms with E-state index in [9.17, 15) is 8.42 Å². The van der Waals surface area contributed by atoms with Gasteiger partial charge in [0.1, 0.15) is 4.21 Å². The van der Waals surface area contributed by atoms with Gasteiger partial charge >= 0.3 is 0 Å². The minimum absolute atomic E-state index is 0.226. The van der Waals surface area contributed by atoms with Crippen LogP contribution in [-0.2, 0) is 10.0 Å². The molecule has 1 rings (SSSR count). The minimum Gasteiger partial charge on any atom is -0.303 e. The highest BCUT2D eigenvalue weighted by molar-refractivity contribution is 9.11. The van der Waals surface area contributed by atoms with Crippen LogP contribution in [-0.4, -0.2) is 39.5 Å². The molecule has 0 spiro atoms. The first-order valence-electron chi connectivity index (χ1n) is 5.49. The second-order valence-electron chi connectivity index (χ2n) is 5.05. The quantitative estimate of drug-likeness (QED) is 0.883. The van der Waals surface area contributed by atoms with Crippen molar-refractivity contribution < 1.29 is 8.42 Å². The van der Waals surface area contributed by atoms with Gasteiger partial charge in [-0.1, -0.05) is 0 Å². The molecule has 0 radical (unpaired) electrons. The van der Waals surface area contributed by atoms with Gasteiger partial charge in [-0.2, -0.15) is 0 Å². The van der Waals surface area contributed by atoms with Gasteiger partial charge in [-0.15, -0.1) is 11.3 Å². The Hall–Kier alpha value is 0.0500. The number of aryl methyl sites for hydroxylation is 1. The van der Waals surface area contributed by atoms with Crippen molar-refractivity contribution in [3.8, 4) is 0 Å². The van der Waals surface area contributed by atoms with Gasteiger partial charge in [-0.3, -0.25) is 0 Å². The molecule has 0 saturated carbocycles. The molecule has 18 heavy (non-hydrogen) atoms. The summed E-state index contributed by atoms with van der Waals surface area (Å²) in [6.45, 7) is 6.23. The molecule has 104 valence electrons. The molecule has 0 aromatic carbocycles. The lowest BCUT2D eigenvalue weighted by molar-refractivity contribution is 0.199. The Balaban J connectivity index is 2.84. The van der Waals surface area contributed by atoms with Gasteiger partial charge in [0.15, 0.2) is 0 Å². The van der Waals surface area contributed by atoms with Crippen molar-refractivity contribution in [3.63, 3.8) is 0 Å². The molecule has 1 N–H and O–H groups in total. The summed E-state index contributed by atoms with van der Waals surface area (Å²) in [5.41, 5.74) is 0.712. The van der Waals surface area contributed by atoms with Crippen molar-refractivity contribution in [2.45, 2.75) is 30.5 Å². The lowest BCUT2D eigenvalue weighted by atomic mass is 10.1. The fourth-order valence-electron chi connectivity index (χ4n) is 1.07. The Morgan fingerprint density at radius 2 is 2.00 bits per heavy atom. The smallest absolute Gasteiger partial charge is 0.250 e. The van der Waals surface area contributed by atoms with Crippen molar-refractivity contribution in [1.29, 1.82) is 0 Å². The number of hydrogen-bond acceptors (Lipinski definition) is 4. The van der Waals surface area contributed by atoms with E-state index in [1.165, 1.54) is 11.3 Å². The molecular formula is C11H19BrN2O2S2. The summed E-state index contributed by atoms with van der Waals surface area (Å²) in [4.78, 5) is 1.99. The maximum Gasteiger partial charge on any atom is 0.250 e. The Bertz CT molecular complexity index is 502. The van der Waals surface area contributed by atoms with Gasteiger partial charge in [0, 0.05) is 12.1 Å². The van der Waals surface area contributed by atoms with Crippen LogP contribution in [0.25, 0.3) is 0 Å². The molecule has 7 heteroatoms. The van der Waals surface area contributed by atoms with Gasteiger partial charge in [0.05, 0.1) is 3.79 Å². The second-order valence-corrected chi connectivity index (χ2v) is 9.42. The van der Waals surface area contributed by atoms with Crippen LogP contribution >= 0.6 is 27.3 Å². The number of hydrogen-bond donors (Lipinski definition) is 1. The van der Waals surface area contributed by atoms with E-state index in [4.69, 9.17) is 0 Å². The average Bonchev–Trinajstić information content (AvgIpc) is 2.57. The van der Waals surface area contributed by atoms with Crippen LogP contribution < -0.4 is 4.72 Å². The van der Waals surface area contributed by atoms with Gasteiger partial charge < -0.3 is 4.90 Å². The maximum atomic E-state index is 12.1. The van der Waals surface area contributed by atoms with Crippen LogP contribution in [0.2, 0.25) is 0 Å². The van der Waals surface area contributed by atoms with Gasteiger partial charge in [0.25, 0.3) is 0 Å². The minimum atomic E-state index is -3.42. The molecule has 0 amide bonds. The number of sulfonamides is 1. The molecule has 1 aromatic rings.